The predicted octanol–water partition coefficient (Wildman–Crippen LogP) is 4.94. The summed E-state index contributed by atoms with van der Waals surface area (Å²) in [6.07, 6.45) is 4.01. The molecule has 0 saturated carbocycles. The van der Waals surface area contributed by atoms with Crippen molar-refractivity contribution in [2.45, 2.75) is 50.2 Å². The number of aldehydes is 1. The van der Waals surface area contributed by atoms with Gasteiger partial charge in [-0.3, -0.25) is 0 Å². The van der Waals surface area contributed by atoms with Crippen LogP contribution in [0.25, 0.3) is 10.9 Å². The number of carbonyl (C=O) groups excluding carboxylic acids is 1. The first-order valence-corrected chi connectivity index (χ1v) is 13.4. The van der Waals surface area contributed by atoms with Crippen LogP contribution in [0.15, 0.2) is 47.5 Å². The molecule has 9 heteroatoms. The number of fused-ring (bicyclic) bond motifs is 1. The quantitative estimate of drug-likeness (QED) is 0.292. The average Bonchev–Trinajstić information content (AvgIpc) is 3.11. The number of hydrogen-bond acceptors (Lipinski definition) is 4. The van der Waals surface area contributed by atoms with Gasteiger partial charge in [0.25, 0.3) is 0 Å². The van der Waals surface area contributed by atoms with Crippen molar-refractivity contribution >= 4 is 49.8 Å². The number of carbonyl (C=O) groups is 1. The molecule has 1 aliphatic heterocycles. The molecular weight excluding hydrogens is 558 g/mol. The average molecular weight is 584 g/mol. The lowest BCUT2D eigenvalue weighted by molar-refractivity contribution is -0.108. The van der Waals surface area contributed by atoms with Crippen molar-refractivity contribution in [1.82, 2.24) is 8.87 Å². The molecule has 33 heavy (non-hydrogen) atoms. The fourth-order valence-corrected chi connectivity index (χ4v) is 6.42. The van der Waals surface area contributed by atoms with Crippen molar-refractivity contribution in [2.75, 3.05) is 13.1 Å². The molecule has 176 valence electrons. The second-order valence-electron chi connectivity index (χ2n) is 8.50. The van der Waals surface area contributed by atoms with E-state index in [0.717, 1.165) is 32.4 Å². The molecule has 0 unspecified atom stereocenters. The lowest BCUT2D eigenvalue weighted by Gasteiger charge is -2.31. The Morgan fingerprint density at radius 2 is 1.91 bits per heavy atom. The highest BCUT2D eigenvalue weighted by molar-refractivity contribution is 14.1. The van der Waals surface area contributed by atoms with Crippen LogP contribution in [-0.4, -0.2) is 42.8 Å². The number of benzene rings is 2. The van der Waals surface area contributed by atoms with Crippen LogP contribution in [0, 0.1) is 9.39 Å². The van der Waals surface area contributed by atoms with E-state index in [-0.39, 0.29) is 23.5 Å². The Kier molecular flexibility index (Phi) is 7.11. The number of rotatable bonds is 7. The zero-order valence-corrected chi connectivity index (χ0v) is 21.5. The van der Waals surface area contributed by atoms with Gasteiger partial charge in [0, 0.05) is 39.8 Å². The predicted molar refractivity (Wildman–Crippen MR) is 134 cm³/mol. The van der Waals surface area contributed by atoms with Crippen LogP contribution in [0.5, 0.6) is 5.75 Å². The third-order valence-electron chi connectivity index (χ3n) is 5.93. The van der Waals surface area contributed by atoms with E-state index >= 15 is 0 Å². The van der Waals surface area contributed by atoms with Gasteiger partial charge in [-0.1, -0.05) is 6.07 Å². The monoisotopic (exact) mass is 584 g/mol. The molecule has 2 aromatic carbocycles. The van der Waals surface area contributed by atoms with Gasteiger partial charge in [-0.2, -0.15) is 4.31 Å². The maximum atomic E-state index is 14.7. The molecule has 2 heterocycles. The Hall–Kier alpha value is -1.98. The van der Waals surface area contributed by atoms with Crippen molar-refractivity contribution < 1.29 is 22.3 Å². The molecule has 0 N–H and O–H groups in total. The summed E-state index contributed by atoms with van der Waals surface area (Å²) in [7, 11) is -3.94. The summed E-state index contributed by atoms with van der Waals surface area (Å²) in [5.41, 5.74) is 2.13. The molecule has 1 aliphatic rings. The maximum absolute atomic E-state index is 14.7. The van der Waals surface area contributed by atoms with Crippen molar-refractivity contribution in [3.63, 3.8) is 0 Å². The highest BCUT2D eigenvalue weighted by atomic mass is 127. The summed E-state index contributed by atoms with van der Waals surface area (Å²) in [5, 5.41) is 1.09. The minimum absolute atomic E-state index is 0.133. The largest absolute Gasteiger partial charge is 0.491 e. The molecule has 1 fully saturated rings. The van der Waals surface area contributed by atoms with E-state index in [1.165, 1.54) is 16.4 Å². The smallest absolute Gasteiger partial charge is 0.245 e. The lowest BCUT2D eigenvalue weighted by Crippen LogP contribution is -2.38. The Balaban J connectivity index is 1.54. The fraction of sp³-hybridized carbons (Fsp3) is 0.375. The van der Waals surface area contributed by atoms with Gasteiger partial charge in [-0.25, -0.2) is 12.8 Å². The topological polar surface area (TPSA) is 68.6 Å². The van der Waals surface area contributed by atoms with E-state index in [1.54, 1.807) is 0 Å². The van der Waals surface area contributed by atoms with Crippen LogP contribution in [0.4, 0.5) is 4.39 Å². The number of hydrogen-bond donors (Lipinski definition) is 0. The summed E-state index contributed by atoms with van der Waals surface area (Å²) in [5.74, 6) is -0.332. The molecule has 1 aromatic heterocycles. The van der Waals surface area contributed by atoms with E-state index in [9.17, 15) is 17.6 Å². The van der Waals surface area contributed by atoms with Crippen LogP contribution in [0.2, 0.25) is 0 Å². The number of sulfonamides is 1. The van der Waals surface area contributed by atoms with Crippen molar-refractivity contribution in [3.05, 3.63) is 57.5 Å². The molecule has 0 spiro atoms. The summed E-state index contributed by atoms with van der Waals surface area (Å²) < 4.78 is 50.8. The second-order valence-corrected chi connectivity index (χ2v) is 11.7. The molecule has 0 aliphatic carbocycles. The van der Waals surface area contributed by atoms with E-state index in [4.69, 9.17) is 4.74 Å². The zero-order valence-electron chi connectivity index (χ0n) is 18.5. The normalized spacial score (nSPS) is 15.9. The minimum atomic E-state index is -3.94. The number of nitrogens with zero attached hydrogens (tertiary/aromatic N) is 2. The molecule has 0 bridgehead atoms. The molecular formula is C24H26FIN2O4S. The van der Waals surface area contributed by atoms with Crippen LogP contribution in [0.1, 0.15) is 38.2 Å². The lowest BCUT2D eigenvalue weighted by atomic mass is 9.90. The minimum Gasteiger partial charge on any atom is -0.491 e. The van der Waals surface area contributed by atoms with Crippen LogP contribution in [-0.2, 0) is 21.4 Å². The van der Waals surface area contributed by atoms with Gasteiger partial charge < -0.3 is 14.1 Å². The van der Waals surface area contributed by atoms with E-state index in [0.29, 0.717) is 31.7 Å². The standard InChI is InChI=1S/C24H26FIN2O4S/c1-16(2)32-19-4-6-24(22(25)14-19)33(30,31)28-9-7-17(8-10-28)21-15-27(11-12-29)23-13-18(26)3-5-20(21)23/h3-6,12-17H,7-11H2,1-2H3. The molecule has 3 aromatic rings. The highest BCUT2D eigenvalue weighted by Gasteiger charge is 2.33. The first-order valence-electron chi connectivity index (χ1n) is 10.9. The Morgan fingerprint density at radius 1 is 1.18 bits per heavy atom. The number of aromatic nitrogens is 1. The number of halogens is 2. The molecule has 6 nitrogen and oxygen atoms in total. The Labute approximate surface area is 206 Å². The van der Waals surface area contributed by atoms with Crippen LogP contribution >= 0.6 is 22.6 Å². The summed E-state index contributed by atoms with van der Waals surface area (Å²) >= 11 is 2.25. The summed E-state index contributed by atoms with van der Waals surface area (Å²) in [6.45, 7) is 4.54. The SMILES string of the molecule is CC(C)Oc1ccc(S(=O)(=O)N2CCC(c3cn(CC=O)c4cc(I)ccc34)CC2)c(F)c1. The van der Waals surface area contributed by atoms with E-state index < -0.39 is 15.8 Å². The maximum Gasteiger partial charge on any atom is 0.245 e. The number of ether oxygens (including phenoxy) is 1. The van der Waals surface area contributed by atoms with E-state index in [2.05, 4.69) is 34.7 Å². The summed E-state index contributed by atoms with van der Waals surface area (Å²) in [4.78, 5) is 10.8. The van der Waals surface area contributed by atoms with Gasteiger partial charge in [-0.15, -0.1) is 0 Å². The molecule has 0 atom stereocenters. The van der Waals surface area contributed by atoms with Crippen LogP contribution < -0.4 is 4.74 Å². The van der Waals surface area contributed by atoms with Gasteiger partial charge in [-0.05, 0) is 85.0 Å². The molecule has 4 rings (SSSR count). The summed E-state index contributed by atoms with van der Waals surface area (Å²) in [6, 6.07) is 10.1. The van der Waals surface area contributed by atoms with Crippen LogP contribution in [0.3, 0.4) is 0 Å². The number of piperidine rings is 1. The van der Waals surface area contributed by atoms with Gasteiger partial charge in [0.05, 0.1) is 12.6 Å². The zero-order chi connectivity index (χ0) is 23.8. The Bertz CT molecular complexity index is 1280. The molecule has 0 radical (unpaired) electrons. The third-order valence-corrected chi connectivity index (χ3v) is 8.54. The second kappa shape index (κ2) is 9.71. The Morgan fingerprint density at radius 3 is 2.55 bits per heavy atom. The van der Waals surface area contributed by atoms with Crippen molar-refractivity contribution in [2.24, 2.45) is 0 Å². The van der Waals surface area contributed by atoms with Gasteiger partial charge >= 0.3 is 0 Å². The van der Waals surface area contributed by atoms with Gasteiger partial charge in [0.2, 0.25) is 10.0 Å². The van der Waals surface area contributed by atoms with Crippen molar-refractivity contribution in [1.29, 1.82) is 0 Å². The van der Waals surface area contributed by atoms with Crippen molar-refractivity contribution in [3.8, 4) is 5.75 Å². The fourth-order valence-electron chi connectivity index (χ4n) is 4.43. The molecule has 1 saturated heterocycles. The highest BCUT2D eigenvalue weighted by Crippen LogP contribution is 2.36. The molecule has 0 amide bonds. The van der Waals surface area contributed by atoms with Gasteiger partial charge in [0.15, 0.2) is 0 Å². The first kappa shape index (κ1) is 24.2. The third kappa shape index (κ3) is 4.95. The van der Waals surface area contributed by atoms with Gasteiger partial charge in [0.1, 0.15) is 22.7 Å². The first-order chi connectivity index (χ1) is 15.7. The van der Waals surface area contributed by atoms with E-state index in [1.807, 2.05) is 30.7 Å².